The Morgan fingerprint density at radius 3 is 2.86 bits per heavy atom. The van der Waals surface area contributed by atoms with Crippen molar-refractivity contribution in [2.45, 2.75) is 33.2 Å². The molecule has 0 aromatic carbocycles. The average Bonchev–Trinajstić information content (AvgIpc) is 2.72. The highest BCUT2D eigenvalue weighted by atomic mass is 15.2. The molecule has 0 amide bonds. The molecule has 2 aliphatic heterocycles. The van der Waals surface area contributed by atoms with Gasteiger partial charge in [-0.1, -0.05) is 20.3 Å². The monoisotopic (exact) mass is 196 g/mol. The number of hydrogen-bond donors (Lipinski definition) is 1. The maximum Gasteiger partial charge on any atom is 0.0111 e. The van der Waals surface area contributed by atoms with Crippen molar-refractivity contribution in [3.8, 4) is 0 Å². The van der Waals surface area contributed by atoms with Crippen molar-refractivity contribution < 1.29 is 0 Å². The van der Waals surface area contributed by atoms with Crippen LogP contribution in [0.1, 0.15) is 27.2 Å². The lowest BCUT2D eigenvalue weighted by Gasteiger charge is -2.26. The van der Waals surface area contributed by atoms with E-state index in [-0.39, 0.29) is 0 Å². The van der Waals surface area contributed by atoms with Crippen molar-refractivity contribution in [2.24, 2.45) is 17.8 Å². The summed E-state index contributed by atoms with van der Waals surface area (Å²) in [6.45, 7) is 12.2. The Hall–Kier alpha value is -0.0800. The van der Waals surface area contributed by atoms with E-state index in [4.69, 9.17) is 0 Å². The van der Waals surface area contributed by atoms with E-state index < -0.39 is 0 Å². The van der Waals surface area contributed by atoms with Crippen LogP contribution in [0, 0.1) is 17.8 Å². The van der Waals surface area contributed by atoms with Crippen LogP contribution in [-0.4, -0.2) is 37.1 Å². The van der Waals surface area contributed by atoms with E-state index in [1.54, 1.807) is 0 Å². The molecule has 2 heteroatoms. The maximum absolute atomic E-state index is 3.52. The van der Waals surface area contributed by atoms with Gasteiger partial charge in [-0.3, -0.25) is 4.90 Å². The summed E-state index contributed by atoms with van der Waals surface area (Å²) in [5.74, 6) is 2.73. The first kappa shape index (κ1) is 10.4. The second-order valence-corrected chi connectivity index (χ2v) is 5.29. The van der Waals surface area contributed by atoms with Gasteiger partial charge in [0.25, 0.3) is 0 Å². The van der Waals surface area contributed by atoms with E-state index in [0.717, 1.165) is 23.8 Å². The highest BCUT2D eigenvalue weighted by Gasteiger charge is 2.41. The Morgan fingerprint density at radius 2 is 2.21 bits per heavy atom. The number of nitrogens with one attached hydrogen (secondary N) is 1. The highest BCUT2D eigenvalue weighted by molar-refractivity contribution is 4.96. The molecule has 2 nitrogen and oxygen atoms in total. The maximum atomic E-state index is 3.52. The van der Waals surface area contributed by atoms with Crippen LogP contribution in [0.4, 0.5) is 0 Å². The van der Waals surface area contributed by atoms with Gasteiger partial charge in [0.15, 0.2) is 0 Å². The first-order valence-electron chi connectivity index (χ1n) is 6.17. The summed E-state index contributed by atoms with van der Waals surface area (Å²) in [6.07, 6.45) is 1.32. The molecule has 0 aromatic rings. The zero-order valence-corrected chi connectivity index (χ0v) is 9.79. The minimum Gasteiger partial charge on any atom is -0.316 e. The summed E-state index contributed by atoms with van der Waals surface area (Å²) >= 11 is 0. The molecule has 82 valence electrons. The average molecular weight is 196 g/mol. The lowest BCUT2D eigenvalue weighted by molar-refractivity contribution is 0.207. The topological polar surface area (TPSA) is 15.3 Å². The van der Waals surface area contributed by atoms with Crippen molar-refractivity contribution in [3.05, 3.63) is 0 Å². The summed E-state index contributed by atoms with van der Waals surface area (Å²) in [6, 6.07) is 0.809. The lowest BCUT2D eigenvalue weighted by Crippen LogP contribution is -2.36. The third-order valence-electron chi connectivity index (χ3n) is 4.30. The van der Waals surface area contributed by atoms with Gasteiger partial charge < -0.3 is 5.32 Å². The Morgan fingerprint density at radius 1 is 1.43 bits per heavy atom. The number of nitrogens with zero attached hydrogens (tertiary/aromatic N) is 1. The van der Waals surface area contributed by atoms with Crippen LogP contribution < -0.4 is 5.32 Å². The fraction of sp³-hybridized carbons (Fsp3) is 1.00. The zero-order valence-electron chi connectivity index (χ0n) is 9.79. The quantitative estimate of drug-likeness (QED) is 0.737. The van der Waals surface area contributed by atoms with E-state index in [9.17, 15) is 0 Å². The van der Waals surface area contributed by atoms with Crippen LogP contribution in [0.3, 0.4) is 0 Å². The molecule has 4 unspecified atom stereocenters. The molecule has 2 saturated heterocycles. The van der Waals surface area contributed by atoms with Gasteiger partial charge in [0, 0.05) is 19.1 Å². The minimum absolute atomic E-state index is 0.809. The van der Waals surface area contributed by atoms with Crippen LogP contribution >= 0.6 is 0 Å². The predicted octanol–water partition coefficient (Wildman–Crippen LogP) is 1.57. The number of likely N-dealkylation sites (tertiary alicyclic amines) is 1. The number of rotatable bonds is 3. The smallest absolute Gasteiger partial charge is 0.0111 e. The molecule has 2 heterocycles. The van der Waals surface area contributed by atoms with E-state index >= 15 is 0 Å². The van der Waals surface area contributed by atoms with Crippen molar-refractivity contribution in [2.75, 3.05) is 26.2 Å². The Balaban J connectivity index is 1.90. The van der Waals surface area contributed by atoms with Gasteiger partial charge >= 0.3 is 0 Å². The van der Waals surface area contributed by atoms with Gasteiger partial charge in [0.1, 0.15) is 0 Å². The van der Waals surface area contributed by atoms with Gasteiger partial charge in [-0.25, -0.2) is 0 Å². The van der Waals surface area contributed by atoms with Crippen LogP contribution in [0.15, 0.2) is 0 Å². The molecule has 0 aliphatic carbocycles. The second-order valence-electron chi connectivity index (χ2n) is 5.29. The molecule has 14 heavy (non-hydrogen) atoms. The molecule has 2 fully saturated rings. The molecule has 2 rings (SSSR count). The van der Waals surface area contributed by atoms with Crippen molar-refractivity contribution in [1.29, 1.82) is 0 Å². The van der Waals surface area contributed by atoms with Gasteiger partial charge in [-0.2, -0.15) is 0 Å². The predicted molar refractivity (Wildman–Crippen MR) is 60.3 cm³/mol. The largest absolute Gasteiger partial charge is 0.316 e. The van der Waals surface area contributed by atoms with E-state index in [1.165, 1.54) is 32.6 Å². The Labute approximate surface area is 88.1 Å². The van der Waals surface area contributed by atoms with E-state index in [1.807, 2.05) is 0 Å². The van der Waals surface area contributed by atoms with Crippen molar-refractivity contribution in [3.63, 3.8) is 0 Å². The molecule has 0 spiro atoms. The van der Waals surface area contributed by atoms with Crippen LogP contribution in [-0.2, 0) is 0 Å². The molecular formula is C12H24N2. The summed E-state index contributed by atoms with van der Waals surface area (Å²) in [4.78, 5) is 2.71. The lowest BCUT2D eigenvalue weighted by atomic mass is 9.95. The summed E-state index contributed by atoms with van der Waals surface area (Å²) in [5, 5.41) is 3.52. The van der Waals surface area contributed by atoms with E-state index in [0.29, 0.717) is 0 Å². The van der Waals surface area contributed by atoms with Crippen molar-refractivity contribution >= 4 is 0 Å². The third-order valence-corrected chi connectivity index (χ3v) is 4.30. The fourth-order valence-corrected chi connectivity index (χ4v) is 3.03. The summed E-state index contributed by atoms with van der Waals surface area (Å²) < 4.78 is 0. The number of hydrogen-bond acceptors (Lipinski definition) is 2. The van der Waals surface area contributed by atoms with Crippen LogP contribution in [0.25, 0.3) is 0 Å². The molecular weight excluding hydrogens is 172 g/mol. The summed E-state index contributed by atoms with van der Waals surface area (Å²) in [7, 11) is 0. The molecule has 1 N–H and O–H groups in total. The zero-order chi connectivity index (χ0) is 10.1. The van der Waals surface area contributed by atoms with Crippen molar-refractivity contribution in [1.82, 2.24) is 10.2 Å². The fourth-order valence-electron chi connectivity index (χ4n) is 3.03. The molecule has 0 saturated carbocycles. The summed E-state index contributed by atoms with van der Waals surface area (Å²) in [5.41, 5.74) is 0. The first-order chi connectivity index (χ1) is 6.72. The second kappa shape index (κ2) is 4.19. The Kier molecular flexibility index (Phi) is 3.13. The molecule has 0 radical (unpaired) electrons. The van der Waals surface area contributed by atoms with Crippen LogP contribution in [0.5, 0.6) is 0 Å². The van der Waals surface area contributed by atoms with Crippen LogP contribution in [0.2, 0.25) is 0 Å². The third kappa shape index (κ3) is 1.82. The van der Waals surface area contributed by atoms with Gasteiger partial charge in [0.05, 0.1) is 0 Å². The van der Waals surface area contributed by atoms with Gasteiger partial charge in [0.2, 0.25) is 0 Å². The standard InChI is InChI=1S/C12H24N2/c1-4-9(2)7-14-8-11-5-13-6-12(11)10(14)3/h9-13H,4-8H2,1-3H3. The normalized spacial score (nSPS) is 40.1. The molecule has 4 atom stereocenters. The molecule has 2 aliphatic rings. The first-order valence-corrected chi connectivity index (χ1v) is 6.17. The highest BCUT2D eigenvalue weighted by Crippen LogP contribution is 2.32. The van der Waals surface area contributed by atoms with E-state index in [2.05, 4.69) is 31.0 Å². The van der Waals surface area contributed by atoms with Gasteiger partial charge in [-0.15, -0.1) is 0 Å². The number of fused-ring (bicyclic) bond motifs is 1. The minimum atomic E-state index is 0.809. The molecule has 0 bridgehead atoms. The van der Waals surface area contributed by atoms with Gasteiger partial charge in [-0.05, 0) is 37.8 Å². The SMILES string of the molecule is CCC(C)CN1CC2CNCC2C1C. The Bertz CT molecular complexity index is 191. The molecule has 0 aromatic heterocycles.